The zero-order valence-corrected chi connectivity index (χ0v) is 13.8. The van der Waals surface area contributed by atoms with Crippen molar-refractivity contribution in [2.75, 3.05) is 10.6 Å². The van der Waals surface area contributed by atoms with Crippen molar-refractivity contribution in [1.82, 2.24) is 9.97 Å². The van der Waals surface area contributed by atoms with Crippen molar-refractivity contribution in [3.63, 3.8) is 0 Å². The number of nitrogens with zero attached hydrogens (tertiary/aromatic N) is 2. The summed E-state index contributed by atoms with van der Waals surface area (Å²) in [6, 6.07) is 7.56. The molecule has 0 bridgehead atoms. The number of anilines is 2. The van der Waals surface area contributed by atoms with E-state index in [1.807, 2.05) is 45.9 Å². The van der Waals surface area contributed by atoms with Crippen LogP contribution in [0, 0.1) is 0 Å². The number of para-hydroxylation sites is 2. The highest BCUT2D eigenvalue weighted by molar-refractivity contribution is 6.04. The van der Waals surface area contributed by atoms with Crippen molar-refractivity contribution in [3.8, 4) is 5.75 Å². The summed E-state index contributed by atoms with van der Waals surface area (Å²) in [7, 11) is 0. The van der Waals surface area contributed by atoms with Crippen molar-refractivity contribution in [3.05, 3.63) is 42.2 Å². The Morgan fingerprint density at radius 2 is 1.74 bits per heavy atom. The summed E-state index contributed by atoms with van der Waals surface area (Å²) in [4.78, 5) is 20.6. The molecule has 2 rings (SSSR count). The van der Waals surface area contributed by atoms with Crippen molar-refractivity contribution in [2.45, 2.75) is 39.8 Å². The lowest BCUT2D eigenvalue weighted by Crippen LogP contribution is -2.16. The van der Waals surface area contributed by atoms with Crippen molar-refractivity contribution < 1.29 is 9.53 Å². The number of nitrogens with one attached hydrogen (secondary N) is 2. The lowest BCUT2D eigenvalue weighted by molar-refractivity contribution is 0.102. The molecule has 1 aromatic carbocycles. The number of amides is 1. The predicted octanol–water partition coefficient (Wildman–Crippen LogP) is 3.34. The van der Waals surface area contributed by atoms with Crippen molar-refractivity contribution in [1.29, 1.82) is 0 Å². The predicted molar refractivity (Wildman–Crippen MR) is 90.9 cm³/mol. The Bertz CT molecular complexity index is 654. The fourth-order valence-electron chi connectivity index (χ4n) is 1.90. The maximum absolute atomic E-state index is 12.3. The van der Waals surface area contributed by atoms with Crippen LogP contribution in [-0.2, 0) is 0 Å². The van der Waals surface area contributed by atoms with E-state index in [9.17, 15) is 4.79 Å². The van der Waals surface area contributed by atoms with Crippen molar-refractivity contribution in [2.24, 2.45) is 0 Å². The zero-order valence-electron chi connectivity index (χ0n) is 13.8. The van der Waals surface area contributed by atoms with E-state index in [0.717, 1.165) is 0 Å². The standard InChI is InChI=1S/C17H22N4O2/c1-11(2)20-17-18-9-13(10-19-17)16(22)21-14-7-5-6-8-15(14)23-12(3)4/h5-12H,1-4H3,(H,21,22)(H,18,19,20). The van der Waals surface area contributed by atoms with Crippen LogP contribution in [0.2, 0.25) is 0 Å². The van der Waals surface area contributed by atoms with Gasteiger partial charge >= 0.3 is 0 Å². The molecular weight excluding hydrogens is 292 g/mol. The van der Waals surface area contributed by atoms with E-state index < -0.39 is 0 Å². The Hall–Kier alpha value is -2.63. The van der Waals surface area contributed by atoms with Crippen LogP contribution in [0.5, 0.6) is 5.75 Å². The second-order valence-corrected chi connectivity index (χ2v) is 5.71. The molecule has 0 atom stereocenters. The van der Waals surface area contributed by atoms with E-state index >= 15 is 0 Å². The Morgan fingerprint density at radius 3 is 2.35 bits per heavy atom. The summed E-state index contributed by atoms with van der Waals surface area (Å²) in [6.07, 6.45) is 3.02. The van der Waals surface area contributed by atoms with Gasteiger partial charge in [-0.15, -0.1) is 0 Å². The summed E-state index contributed by atoms with van der Waals surface area (Å²) in [5.74, 6) is 0.857. The Kier molecular flexibility index (Phi) is 5.51. The van der Waals surface area contributed by atoms with Gasteiger partial charge in [-0.3, -0.25) is 4.79 Å². The summed E-state index contributed by atoms with van der Waals surface area (Å²) in [6.45, 7) is 7.87. The number of ether oxygens (including phenoxy) is 1. The molecule has 0 spiro atoms. The first-order valence-corrected chi connectivity index (χ1v) is 7.61. The molecule has 0 fully saturated rings. The number of hydrogen-bond donors (Lipinski definition) is 2. The van der Waals surface area contributed by atoms with Gasteiger partial charge in [-0.25, -0.2) is 9.97 Å². The monoisotopic (exact) mass is 314 g/mol. The van der Waals surface area contributed by atoms with Crippen LogP contribution in [0.4, 0.5) is 11.6 Å². The number of hydrogen-bond acceptors (Lipinski definition) is 5. The third-order valence-electron chi connectivity index (χ3n) is 2.83. The normalized spacial score (nSPS) is 10.7. The van der Waals surface area contributed by atoms with E-state index in [1.54, 1.807) is 6.07 Å². The van der Waals surface area contributed by atoms with Gasteiger partial charge in [0.25, 0.3) is 5.91 Å². The van der Waals surface area contributed by atoms with Gasteiger partial charge in [0.05, 0.1) is 17.4 Å². The van der Waals surface area contributed by atoms with Crippen LogP contribution in [0.25, 0.3) is 0 Å². The van der Waals surface area contributed by atoms with Gasteiger partial charge in [-0.1, -0.05) is 12.1 Å². The minimum atomic E-state index is -0.277. The molecule has 122 valence electrons. The average Bonchev–Trinajstić information content (AvgIpc) is 2.49. The topological polar surface area (TPSA) is 76.1 Å². The van der Waals surface area contributed by atoms with Crippen molar-refractivity contribution >= 4 is 17.5 Å². The average molecular weight is 314 g/mol. The summed E-state index contributed by atoms with van der Waals surface area (Å²) < 4.78 is 5.69. The molecule has 2 N–H and O–H groups in total. The van der Waals surface area contributed by atoms with E-state index in [2.05, 4.69) is 20.6 Å². The summed E-state index contributed by atoms with van der Waals surface area (Å²) >= 11 is 0. The molecule has 1 amide bonds. The molecule has 0 aliphatic heterocycles. The largest absolute Gasteiger partial charge is 0.489 e. The van der Waals surface area contributed by atoms with Gasteiger partial charge in [0.1, 0.15) is 5.75 Å². The first kappa shape index (κ1) is 16.7. The van der Waals surface area contributed by atoms with E-state index in [4.69, 9.17) is 4.74 Å². The molecule has 0 saturated heterocycles. The fraction of sp³-hybridized carbons (Fsp3) is 0.353. The van der Waals surface area contributed by atoms with Crippen LogP contribution in [0.3, 0.4) is 0 Å². The smallest absolute Gasteiger partial charge is 0.258 e. The highest BCUT2D eigenvalue weighted by Gasteiger charge is 2.11. The molecule has 0 unspecified atom stereocenters. The number of rotatable bonds is 6. The minimum Gasteiger partial charge on any atom is -0.489 e. The lowest BCUT2D eigenvalue weighted by Gasteiger charge is -2.14. The van der Waals surface area contributed by atoms with Gasteiger partial charge < -0.3 is 15.4 Å². The highest BCUT2D eigenvalue weighted by atomic mass is 16.5. The first-order valence-electron chi connectivity index (χ1n) is 7.61. The maximum Gasteiger partial charge on any atom is 0.258 e. The van der Waals surface area contributed by atoms with Crippen LogP contribution >= 0.6 is 0 Å². The molecule has 23 heavy (non-hydrogen) atoms. The third-order valence-corrected chi connectivity index (χ3v) is 2.83. The number of benzene rings is 1. The van der Waals surface area contributed by atoms with Crippen LogP contribution in [0.1, 0.15) is 38.1 Å². The SMILES string of the molecule is CC(C)Nc1ncc(C(=O)Nc2ccccc2OC(C)C)cn1. The molecule has 0 radical (unpaired) electrons. The summed E-state index contributed by atoms with van der Waals surface area (Å²) in [5.41, 5.74) is 1.01. The van der Waals surface area contributed by atoms with Gasteiger partial charge in [0.2, 0.25) is 5.95 Å². The molecule has 0 aliphatic rings. The second kappa shape index (κ2) is 7.58. The highest BCUT2D eigenvalue weighted by Crippen LogP contribution is 2.25. The molecule has 0 saturated carbocycles. The molecule has 2 aromatic rings. The number of carbonyl (C=O) groups excluding carboxylic acids is 1. The van der Waals surface area contributed by atoms with E-state index in [1.165, 1.54) is 12.4 Å². The summed E-state index contributed by atoms with van der Waals surface area (Å²) in [5, 5.41) is 5.91. The minimum absolute atomic E-state index is 0.0257. The Labute approximate surface area is 136 Å². The molecular formula is C17H22N4O2. The molecule has 1 heterocycles. The zero-order chi connectivity index (χ0) is 16.8. The molecule has 1 aromatic heterocycles. The van der Waals surface area contributed by atoms with Gasteiger partial charge in [0.15, 0.2) is 0 Å². The van der Waals surface area contributed by atoms with Gasteiger partial charge in [-0.2, -0.15) is 0 Å². The Morgan fingerprint density at radius 1 is 1.09 bits per heavy atom. The Balaban J connectivity index is 2.10. The molecule has 6 heteroatoms. The van der Waals surface area contributed by atoms with Crippen LogP contribution in [0.15, 0.2) is 36.7 Å². The van der Waals surface area contributed by atoms with E-state index in [-0.39, 0.29) is 18.1 Å². The number of carbonyl (C=O) groups is 1. The third kappa shape index (κ3) is 4.95. The first-order chi connectivity index (χ1) is 11.0. The number of aromatic nitrogens is 2. The van der Waals surface area contributed by atoms with Crippen LogP contribution < -0.4 is 15.4 Å². The lowest BCUT2D eigenvalue weighted by atomic mass is 10.2. The quantitative estimate of drug-likeness (QED) is 0.855. The van der Waals surface area contributed by atoms with Gasteiger partial charge in [0, 0.05) is 18.4 Å². The molecule has 6 nitrogen and oxygen atoms in total. The maximum atomic E-state index is 12.3. The second-order valence-electron chi connectivity index (χ2n) is 5.71. The van der Waals surface area contributed by atoms with E-state index in [0.29, 0.717) is 22.9 Å². The van der Waals surface area contributed by atoms with Gasteiger partial charge in [-0.05, 0) is 39.8 Å². The molecule has 0 aliphatic carbocycles. The fourth-order valence-corrected chi connectivity index (χ4v) is 1.90. The van der Waals surface area contributed by atoms with Crippen LogP contribution in [-0.4, -0.2) is 28.0 Å².